The van der Waals surface area contributed by atoms with Gasteiger partial charge in [-0.3, -0.25) is 0 Å². The van der Waals surface area contributed by atoms with Crippen LogP contribution in [0, 0.1) is 5.92 Å². The largest absolute Gasteiger partial charge is 0.336 e. The number of nitrogens with zero attached hydrogens (tertiary/aromatic N) is 2. The van der Waals surface area contributed by atoms with Crippen LogP contribution in [-0.2, 0) is 16.6 Å². The van der Waals surface area contributed by atoms with Gasteiger partial charge >= 0.3 is 0 Å². The third-order valence-corrected chi connectivity index (χ3v) is 4.60. The summed E-state index contributed by atoms with van der Waals surface area (Å²) in [4.78, 5) is 3.91. The minimum absolute atomic E-state index is 0.105. The fourth-order valence-corrected chi connectivity index (χ4v) is 3.08. The maximum absolute atomic E-state index is 11.9. The van der Waals surface area contributed by atoms with Gasteiger partial charge in [-0.1, -0.05) is 0 Å². The van der Waals surface area contributed by atoms with Gasteiger partial charge in [0.1, 0.15) is 0 Å². The van der Waals surface area contributed by atoms with E-state index in [1.807, 2.05) is 6.92 Å². The molecule has 1 atom stereocenters. The highest BCUT2D eigenvalue weighted by atomic mass is 32.2. The first-order valence-electron chi connectivity index (χ1n) is 6.34. The topological polar surface area (TPSA) is 76.0 Å². The summed E-state index contributed by atoms with van der Waals surface area (Å²) < 4.78 is 28.2. The molecule has 2 heterocycles. The van der Waals surface area contributed by atoms with Crippen molar-refractivity contribution in [2.24, 2.45) is 5.92 Å². The Kier molecular flexibility index (Phi) is 4.36. The number of imidazole rings is 1. The number of aromatic nitrogens is 2. The summed E-state index contributed by atoms with van der Waals surface area (Å²) in [6.45, 7) is 5.17. The van der Waals surface area contributed by atoms with Crippen LogP contribution in [0.1, 0.15) is 19.8 Å². The third kappa shape index (κ3) is 3.30. The first-order valence-corrected chi connectivity index (χ1v) is 7.82. The van der Waals surface area contributed by atoms with Crippen LogP contribution in [-0.4, -0.2) is 37.6 Å². The lowest BCUT2D eigenvalue weighted by Crippen LogP contribution is -2.27. The van der Waals surface area contributed by atoms with Crippen LogP contribution in [0.25, 0.3) is 0 Å². The van der Waals surface area contributed by atoms with Gasteiger partial charge in [0.2, 0.25) is 0 Å². The van der Waals surface area contributed by atoms with Crippen LogP contribution in [0.2, 0.25) is 0 Å². The lowest BCUT2D eigenvalue weighted by Gasteiger charge is -2.08. The molecule has 0 saturated carbocycles. The van der Waals surface area contributed by atoms with Crippen LogP contribution in [0.5, 0.6) is 0 Å². The molecule has 0 radical (unpaired) electrons. The Morgan fingerprint density at radius 1 is 1.61 bits per heavy atom. The van der Waals surface area contributed by atoms with Crippen LogP contribution in [0.15, 0.2) is 17.6 Å². The maximum atomic E-state index is 11.9. The van der Waals surface area contributed by atoms with Gasteiger partial charge in [-0.05, 0) is 38.8 Å². The minimum Gasteiger partial charge on any atom is -0.336 e. The van der Waals surface area contributed by atoms with Gasteiger partial charge in [0.25, 0.3) is 10.0 Å². The fraction of sp³-hybridized carbons (Fsp3) is 0.727. The van der Waals surface area contributed by atoms with Gasteiger partial charge in [0.15, 0.2) is 5.03 Å². The van der Waals surface area contributed by atoms with Crippen LogP contribution in [0.3, 0.4) is 0 Å². The first-order chi connectivity index (χ1) is 8.62. The lowest BCUT2D eigenvalue weighted by molar-refractivity contribution is 0.518. The first kappa shape index (κ1) is 13.5. The van der Waals surface area contributed by atoms with Gasteiger partial charge in [-0.25, -0.2) is 18.1 Å². The van der Waals surface area contributed by atoms with E-state index in [0.717, 1.165) is 32.5 Å². The molecule has 0 aromatic carbocycles. The lowest BCUT2D eigenvalue weighted by atomic mass is 10.1. The summed E-state index contributed by atoms with van der Waals surface area (Å²) in [5, 5.41) is 3.38. The van der Waals surface area contributed by atoms with E-state index in [0.29, 0.717) is 12.5 Å². The quantitative estimate of drug-likeness (QED) is 0.774. The summed E-state index contributed by atoms with van der Waals surface area (Å²) in [6, 6.07) is 0. The molecule has 1 aliphatic heterocycles. The van der Waals surface area contributed by atoms with Crippen molar-refractivity contribution < 1.29 is 8.42 Å². The van der Waals surface area contributed by atoms with Crippen molar-refractivity contribution >= 4 is 10.0 Å². The average molecular weight is 272 g/mol. The summed E-state index contributed by atoms with van der Waals surface area (Å²) in [5.41, 5.74) is 0. The Morgan fingerprint density at radius 2 is 2.44 bits per heavy atom. The Hall–Kier alpha value is -0.920. The Balaban J connectivity index is 1.86. The zero-order valence-corrected chi connectivity index (χ0v) is 11.4. The molecule has 2 N–H and O–H groups in total. The molecule has 0 aliphatic carbocycles. The average Bonchev–Trinajstić information content (AvgIpc) is 2.99. The molecule has 2 rings (SSSR count). The van der Waals surface area contributed by atoms with Crippen molar-refractivity contribution in [3.63, 3.8) is 0 Å². The summed E-state index contributed by atoms with van der Waals surface area (Å²) in [5.74, 6) is 0.584. The Morgan fingerprint density at radius 3 is 3.06 bits per heavy atom. The molecule has 1 aromatic rings. The van der Waals surface area contributed by atoms with Gasteiger partial charge in [-0.15, -0.1) is 0 Å². The predicted molar refractivity (Wildman–Crippen MR) is 68.7 cm³/mol. The van der Waals surface area contributed by atoms with Gasteiger partial charge in [0.05, 0.1) is 6.33 Å². The number of hydrogen-bond acceptors (Lipinski definition) is 4. The highest BCUT2D eigenvalue weighted by Crippen LogP contribution is 2.12. The molecule has 7 heteroatoms. The van der Waals surface area contributed by atoms with Crippen molar-refractivity contribution in [3.8, 4) is 0 Å². The zero-order valence-electron chi connectivity index (χ0n) is 10.6. The highest BCUT2D eigenvalue weighted by molar-refractivity contribution is 7.89. The smallest absolute Gasteiger partial charge is 0.259 e. The Bertz CT molecular complexity index is 477. The summed E-state index contributed by atoms with van der Waals surface area (Å²) in [7, 11) is -3.44. The number of rotatable bonds is 6. The number of hydrogen-bond donors (Lipinski definition) is 2. The summed E-state index contributed by atoms with van der Waals surface area (Å²) in [6.07, 6.45) is 5.10. The van der Waals surface area contributed by atoms with Gasteiger partial charge in [0, 0.05) is 19.3 Å². The molecule has 102 valence electrons. The van der Waals surface area contributed by atoms with Gasteiger partial charge < -0.3 is 9.88 Å². The molecule has 0 spiro atoms. The second-order valence-electron chi connectivity index (χ2n) is 4.59. The number of nitrogens with one attached hydrogen (secondary N) is 2. The molecular weight excluding hydrogens is 252 g/mol. The zero-order chi connectivity index (χ0) is 13.0. The van der Waals surface area contributed by atoms with E-state index in [1.165, 1.54) is 6.33 Å². The molecular formula is C11H20N4O2S. The molecule has 1 saturated heterocycles. The van der Waals surface area contributed by atoms with E-state index in [1.54, 1.807) is 10.8 Å². The fourth-order valence-electron chi connectivity index (χ4n) is 2.08. The molecule has 6 nitrogen and oxygen atoms in total. The van der Waals surface area contributed by atoms with Crippen molar-refractivity contribution in [3.05, 3.63) is 12.5 Å². The van der Waals surface area contributed by atoms with Gasteiger partial charge in [-0.2, -0.15) is 0 Å². The normalized spacial score (nSPS) is 20.4. The SMILES string of the molecule is CCn1cnc(S(=O)(=O)NCCC2CCNC2)c1. The predicted octanol–water partition coefficient (Wildman–Crippen LogP) is 0.181. The number of sulfonamides is 1. The molecule has 1 fully saturated rings. The molecule has 0 bridgehead atoms. The number of aryl methyl sites for hydroxylation is 1. The van der Waals surface area contributed by atoms with Crippen LogP contribution >= 0.6 is 0 Å². The van der Waals surface area contributed by atoms with Crippen LogP contribution in [0.4, 0.5) is 0 Å². The maximum Gasteiger partial charge on any atom is 0.259 e. The Labute approximate surface area is 108 Å². The van der Waals surface area contributed by atoms with E-state index in [2.05, 4.69) is 15.0 Å². The van der Waals surface area contributed by atoms with E-state index < -0.39 is 10.0 Å². The molecule has 1 unspecified atom stereocenters. The van der Waals surface area contributed by atoms with Crippen molar-refractivity contribution in [2.45, 2.75) is 31.3 Å². The molecule has 1 aliphatic rings. The van der Waals surface area contributed by atoms with Crippen molar-refractivity contribution in [1.29, 1.82) is 0 Å². The van der Waals surface area contributed by atoms with Crippen molar-refractivity contribution in [1.82, 2.24) is 19.6 Å². The van der Waals surface area contributed by atoms with E-state index in [-0.39, 0.29) is 5.03 Å². The molecule has 1 aromatic heterocycles. The second-order valence-corrected chi connectivity index (χ2v) is 6.30. The van der Waals surface area contributed by atoms with E-state index in [4.69, 9.17) is 0 Å². The molecule has 18 heavy (non-hydrogen) atoms. The van der Waals surface area contributed by atoms with Crippen LogP contribution < -0.4 is 10.0 Å². The minimum atomic E-state index is -3.44. The standard InChI is InChI=1S/C11H20N4O2S/c1-2-15-8-11(13-9-15)18(16,17)14-6-4-10-3-5-12-7-10/h8-10,12,14H,2-7H2,1H3. The van der Waals surface area contributed by atoms with E-state index in [9.17, 15) is 8.42 Å². The second kappa shape index (κ2) is 5.81. The molecule has 0 amide bonds. The van der Waals surface area contributed by atoms with E-state index >= 15 is 0 Å². The highest BCUT2D eigenvalue weighted by Gasteiger charge is 2.19. The summed E-state index contributed by atoms with van der Waals surface area (Å²) >= 11 is 0. The third-order valence-electron chi connectivity index (χ3n) is 3.26. The van der Waals surface area contributed by atoms with Crippen molar-refractivity contribution in [2.75, 3.05) is 19.6 Å². The monoisotopic (exact) mass is 272 g/mol.